The highest BCUT2D eigenvalue weighted by Gasteiger charge is 1.97. The van der Waals surface area contributed by atoms with Gasteiger partial charge in [0.1, 0.15) is 5.84 Å². The van der Waals surface area contributed by atoms with Crippen molar-refractivity contribution in [3.8, 4) is 12.3 Å². The predicted molar refractivity (Wildman–Crippen MR) is 60.7 cm³/mol. The number of hydrogen-bond donors (Lipinski definition) is 0. The van der Waals surface area contributed by atoms with E-state index in [-0.39, 0.29) is 0 Å². The molecule has 0 saturated carbocycles. The van der Waals surface area contributed by atoms with E-state index in [1.54, 1.807) is 0 Å². The highest BCUT2D eigenvalue weighted by atomic mass is 15.1. The number of amidine groups is 1. The van der Waals surface area contributed by atoms with Crippen LogP contribution in [-0.2, 0) is 0 Å². The van der Waals surface area contributed by atoms with Crippen molar-refractivity contribution >= 4 is 11.5 Å². The molecule has 14 heavy (non-hydrogen) atoms. The first-order valence-electron chi connectivity index (χ1n) is 4.49. The second-order valence-corrected chi connectivity index (χ2v) is 3.05. The lowest BCUT2D eigenvalue weighted by Gasteiger charge is -2.14. The van der Waals surface area contributed by atoms with E-state index < -0.39 is 0 Å². The van der Waals surface area contributed by atoms with Crippen LogP contribution in [0.15, 0.2) is 35.3 Å². The van der Waals surface area contributed by atoms with Gasteiger partial charge in [-0.1, -0.05) is 24.1 Å². The summed E-state index contributed by atoms with van der Waals surface area (Å²) in [4.78, 5) is 6.36. The first kappa shape index (κ1) is 10.3. The Labute approximate surface area is 85.3 Å². The van der Waals surface area contributed by atoms with Crippen LogP contribution in [0.2, 0.25) is 0 Å². The highest BCUT2D eigenvalue weighted by Crippen LogP contribution is 2.10. The van der Waals surface area contributed by atoms with E-state index in [4.69, 9.17) is 6.42 Å². The van der Waals surface area contributed by atoms with Crippen molar-refractivity contribution in [1.29, 1.82) is 0 Å². The standard InChI is InChI=1S/C12H14N2/c1-4-10-14(3)11(2)13-12-8-6-5-7-9-12/h1,5-9H,10H2,2-3H3/b13-11-. The number of para-hydroxylation sites is 1. The van der Waals surface area contributed by atoms with Crippen LogP contribution in [0.5, 0.6) is 0 Å². The summed E-state index contributed by atoms with van der Waals surface area (Å²) in [7, 11) is 1.93. The normalized spacial score (nSPS) is 10.8. The minimum atomic E-state index is 0.585. The third-order valence-corrected chi connectivity index (χ3v) is 1.93. The van der Waals surface area contributed by atoms with Gasteiger partial charge < -0.3 is 4.90 Å². The Bertz CT molecular complexity index is 346. The van der Waals surface area contributed by atoms with Crippen LogP contribution in [0.25, 0.3) is 0 Å². The summed E-state index contributed by atoms with van der Waals surface area (Å²) in [6.45, 7) is 2.53. The van der Waals surface area contributed by atoms with Crippen LogP contribution in [0.4, 0.5) is 5.69 Å². The molecule has 0 aliphatic rings. The summed E-state index contributed by atoms with van der Waals surface area (Å²) in [6.07, 6.45) is 5.21. The third kappa shape index (κ3) is 2.95. The van der Waals surface area contributed by atoms with E-state index in [0.29, 0.717) is 6.54 Å². The van der Waals surface area contributed by atoms with Gasteiger partial charge in [-0.2, -0.15) is 0 Å². The van der Waals surface area contributed by atoms with E-state index in [9.17, 15) is 0 Å². The summed E-state index contributed by atoms with van der Waals surface area (Å²) in [6, 6.07) is 9.83. The van der Waals surface area contributed by atoms with E-state index >= 15 is 0 Å². The van der Waals surface area contributed by atoms with Gasteiger partial charge >= 0.3 is 0 Å². The number of benzene rings is 1. The van der Waals surface area contributed by atoms with E-state index in [0.717, 1.165) is 11.5 Å². The van der Waals surface area contributed by atoms with E-state index in [2.05, 4.69) is 10.9 Å². The Balaban J connectivity index is 2.74. The molecule has 0 aliphatic heterocycles. The molecule has 0 fully saturated rings. The fourth-order valence-electron chi connectivity index (χ4n) is 1.03. The Kier molecular flexibility index (Phi) is 3.75. The lowest BCUT2D eigenvalue weighted by atomic mass is 10.3. The first-order chi connectivity index (χ1) is 6.74. The maximum Gasteiger partial charge on any atom is 0.102 e. The summed E-state index contributed by atoms with van der Waals surface area (Å²) >= 11 is 0. The van der Waals surface area contributed by atoms with Crippen LogP contribution in [0, 0.1) is 12.3 Å². The summed E-state index contributed by atoms with van der Waals surface area (Å²) in [5.74, 6) is 3.50. The lowest BCUT2D eigenvalue weighted by Crippen LogP contribution is -2.24. The molecule has 0 saturated heterocycles. The molecule has 1 aromatic rings. The molecule has 72 valence electrons. The minimum Gasteiger partial charge on any atom is -0.352 e. The molecule has 0 amide bonds. The van der Waals surface area contributed by atoms with Crippen molar-refractivity contribution in [1.82, 2.24) is 4.90 Å². The molecule has 1 aromatic carbocycles. The zero-order valence-corrected chi connectivity index (χ0v) is 8.57. The van der Waals surface area contributed by atoms with Gasteiger partial charge in [0.05, 0.1) is 12.2 Å². The van der Waals surface area contributed by atoms with Gasteiger partial charge in [-0.05, 0) is 19.1 Å². The maximum absolute atomic E-state index is 5.21. The second kappa shape index (κ2) is 5.08. The van der Waals surface area contributed by atoms with Crippen molar-refractivity contribution in [3.63, 3.8) is 0 Å². The summed E-state index contributed by atoms with van der Waals surface area (Å²) in [5, 5.41) is 0. The Morgan fingerprint density at radius 3 is 2.64 bits per heavy atom. The van der Waals surface area contributed by atoms with E-state index in [1.165, 1.54) is 0 Å². The molecule has 0 unspecified atom stereocenters. The summed E-state index contributed by atoms with van der Waals surface area (Å²) in [5.41, 5.74) is 0.953. The minimum absolute atomic E-state index is 0.585. The van der Waals surface area contributed by atoms with Crippen molar-refractivity contribution in [2.45, 2.75) is 6.92 Å². The molecule has 0 heterocycles. The van der Waals surface area contributed by atoms with Crippen molar-refractivity contribution in [2.75, 3.05) is 13.6 Å². The fourth-order valence-corrected chi connectivity index (χ4v) is 1.03. The molecule has 1 rings (SSSR count). The average molecular weight is 186 g/mol. The molecular weight excluding hydrogens is 172 g/mol. The molecule has 0 radical (unpaired) electrons. The average Bonchev–Trinajstić information content (AvgIpc) is 2.19. The fraction of sp³-hybridized carbons (Fsp3) is 0.250. The molecular formula is C12H14N2. The number of terminal acetylenes is 1. The molecule has 0 spiro atoms. The van der Waals surface area contributed by atoms with Crippen molar-refractivity contribution in [2.24, 2.45) is 4.99 Å². The molecule has 0 atom stereocenters. The zero-order chi connectivity index (χ0) is 10.4. The van der Waals surface area contributed by atoms with E-state index in [1.807, 2.05) is 49.2 Å². The molecule has 0 bridgehead atoms. The quantitative estimate of drug-likeness (QED) is 0.393. The number of hydrogen-bond acceptors (Lipinski definition) is 1. The zero-order valence-electron chi connectivity index (χ0n) is 8.57. The topological polar surface area (TPSA) is 15.6 Å². The van der Waals surface area contributed by atoms with Gasteiger partial charge in [0.2, 0.25) is 0 Å². The first-order valence-corrected chi connectivity index (χ1v) is 4.49. The van der Waals surface area contributed by atoms with Gasteiger partial charge in [-0.15, -0.1) is 6.42 Å². The Morgan fingerprint density at radius 2 is 2.07 bits per heavy atom. The smallest absolute Gasteiger partial charge is 0.102 e. The largest absolute Gasteiger partial charge is 0.352 e. The molecule has 2 heteroatoms. The SMILES string of the molecule is C#CCN(C)/C(C)=N\c1ccccc1. The highest BCUT2D eigenvalue weighted by molar-refractivity contribution is 5.82. The molecule has 0 aliphatic carbocycles. The number of rotatable bonds is 2. The monoisotopic (exact) mass is 186 g/mol. The van der Waals surface area contributed by atoms with Gasteiger partial charge in [-0.3, -0.25) is 0 Å². The van der Waals surface area contributed by atoms with Gasteiger partial charge in [0, 0.05) is 7.05 Å². The second-order valence-electron chi connectivity index (χ2n) is 3.05. The number of nitrogens with zero attached hydrogens (tertiary/aromatic N) is 2. The van der Waals surface area contributed by atoms with Crippen molar-refractivity contribution < 1.29 is 0 Å². The van der Waals surface area contributed by atoms with Crippen LogP contribution in [0.3, 0.4) is 0 Å². The van der Waals surface area contributed by atoms with Crippen LogP contribution < -0.4 is 0 Å². The maximum atomic E-state index is 5.21. The Morgan fingerprint density at radius 1 is 1.43 bits per heavy atom. The van der Waals surface area contributed by atoms with Crippen LogP contribution in [-0.4, -0.2) is 24.3 Å². The predicted octanol–water partition coefficient (Wildman–Crippen LogP) is 2.30. The van der Waals surface area contributed by atoms with Crippen LogP contribution in [0.1, 0.15) is 6.92 Å². The Hall–Kier alpha value is -1.75. The summed E-state index contributed by atoms with van der Waals surface area (Å²) < 4.78 is 0. The third-order valence-electron chi connectivity index (χ3n) is 1.93. The van der Waals surface area contributed by atoms with Crippen LogP contribution >= 0.6 is 0 Å². The molecule has 2 nitrogen and oxygen atoms in total. The van der Waals surface area contributed by atoms with Crippen molar-refractivity contribution in [3.05, 3.63) is 30.3 Å². The van der Waals surface area contributed by atoms with Gasteiger partial charge in [-0.25, -0.2) is 4.99 Å². The number of aliphatic imine (C=N–C) groups is 1. The van der Waals surface area contributed by atoms with Gasteiger partial charge in [0.25, 0.3) is 0 Å². The lowest BCUT2D eigenvalue weighted by molar-refractivity contribution is 0.570. The van der Waals surface area contributed by atoms with Gasteiger partial charge in [0.15, 0.2) is 0 Å². The molecule has 0 aromatic heterocycles. The molecule has 0 N–H and O–H groups in total.